The molecule has 0 spiro atoms. The van der Waals surface area contributed by atoms with Crippen molar-refractivity contribution in [1.29, 1.82) is 0 Å². The van der Waals surface area contributed by atoms with E-state index >= 15 is 0 Å². The zero-order valence-electron chi connectivity index (χ0n) is 18.7. The zero-order chi connectivity index (χ0) is 23.5. The van der Waals surface area contributed by atoms with Gasteiger partial charge >= 0.3 is 0 Å². The molecule has 0 saturated carbocycles. The minimum absolute atomic E-state index is 0.142. The predicted molar refractivity (Wildman–Crippen MR) is 121 cm³/mol. The lowest BCUT2D eigenvalue weighted by Gasteiger charge is -2.30. The number of methoxy groups -OCH3 is 2. The first-order chi connectivity index (χ1) is 15.2. The molecule has 0 aromatic heterocycles. The summed E-state index contributed by atoms with van der Waals surface area (Å²) in [5.74, 6) is -0.106. The molecule has 2 aromatic carbocycles. The number of carbonyl (C=O) groups is 3. The molecule has 3 amide bonds. The van der Waals surface area contributed by atoms with Crippen LogP contribution in [0.3, 0.4) is 0 Å². The van der Waals surface area contributed by atoms with E-state index in [1.807, 2.05) is 13.8 Å². The average molecular weight is 441 g/mol. The monoisotopic (exact) mass is 440 g/mol. The summed E-state index contributed by atoms with van der Waals surface area (Å²) in [4.78, 5) is 39.4. The van der Waals surface area contributed by atoms with E-state index in [4.69, 9.17) is 15.2 Å². The fraction of sp³-hybridized carbons (Fsp3) is 0.348. The van der Waals surface area contributed by atoms with Crippen LogP contribution in [-0.4, -0.2) is 51.6 Å². The summed E-state index contributed by atoms with van der Waals surface area (Å²) >= 11 is 0. The Hall–Kier alpha value is -3.59. The van der Waals surface area contributed by atoms with Crippen LogP contribution in [-0.2, 0) is 4.79 Å². The lowest BCUT2D eigenvalue weighted by molar-refractivity contribution is -0.115. The SMILES string of the molecule is COc1ccc(C(=O)N2CC(=O)Nc3cc(C(=O)NCC(C)(C)CN)ccc32)cc1OC. The molecule has 0 unspecified atom stereocenters. The number of carbonyl (C=O) groups excluding carboxylic acids is 3. The number of anilines is 2. The molecule has 2 aromatic rings. The van der Waals surface area contributed by atoms with Gasteiger partial charge in [0.2, 0.25) is 5.91 Å². The third-order valence-corrected chi connectivity index (χ3v) is 5.28. The van der Waals surface area contributed by atoms with E-state index < -0.39 is 0 Å². The molecule has 4 N–H and O–H groups in total. The van der Waals surface area contributed by atoms with E-state index in [2.05, 4.69) is 10.6 Å². The van der Waals surface area contributed by atoms with Gasteiger partial charge in [-0.2, -0.15) is 0 Å². The van der Waals surface area contributed by atoms with Gasteiger partial charge in [-0.3, -0.25) is 19.3 Å². The molecule has 0 radical (unpaired) electrons. The Morgan fingerprint density at radius 2 is 1.78 bits per heavy atom. The first-order valence-electron chi connectivity index (χ1n) is 10.1. The lowest BCUT2D eigenvalue weighted by Crippen LogP contribution is -2.42. The summed E-state index contributed by atoms with van der Waals surface area (Å²) in [5, 5.41) is 5.59. The largest absolute Gasteiger partial charge is 0.493 e. The van der Waals surface area contributed by atoms with Gasteiger partial charge in [0.05, 0.1) is 25.6 Å². The van der Waals surface area contributed by atoms with Gasteiger partial charge in [0.15, 0.2) is 11.5 Å². The van der Waals surface area contributed by atoms with E-state index in [1.165, 1.54) is 19.1 Å². The van der Waals surface area contributed by atoms with E-state index in [0.717, 1.165) is 0 Å². The van der Waals surface area contributed by atoms with Crippen molar-refractivity contribution in [2.24, 2.45) is 11.1 Å². The number of nitrogens with zero attached hydrogens (tertiary/aromatic N) is 1. The lowest BCUT2D eigenvalue weighted by atomic mass is 9.94. The second-order valence-electron chi connectivity index (χ2n) is 8.29. The number of hydrogen-bond donors (Lipinski definition) is 3. The molecule has 1 heterocycles. The van der Waals surface area contributed by atoms with Gasteiger partial charge in [0.25, 0.3) is 11.8 Å². The third kappa shape index (κ3) is 4.83. The Morgan fingerprint density at radius 3 is 2.44 bits per heavy atom. The number of nitrogens with two attached hydrogens (primary N) is 1. The van der Waals surface area contributed by atoms with Crippen LogP contribution in [0, 0.1) is 5.41 Å². The van der Waals surface area contributed by atoms with Gasteiger partial charge in [-0.05, 0) is 48.4 Å². The van der Waals surface area contributed by atoms with Gasteiger partial charge < -0.3 is 25.8 Å². The summed E-state index contributed by atoms with van der Waals surface area (Å²) in [6.45, 7) is 4.61. The smallest absolute Gasteiger partial charge is 0.258 e. The molecule has 9 nitrogen and oxygen atoms in total. The van der Waals surface area contributed by atoms with Crippen molar-refractivity contribution in [3.63, 3.8) is 0 Å². The maximum atomic E-state index is 13.2. The van der Waals surface area contributed by atoms with Crippen molar-refractivity contribution in [2.45, 2.75) is 13.8 Å². The number of benzene rings is 2. The van der Waals surface area contributed by atoms with Crippen LogP contribution < -0.4 is 30.7 Å². The Labute approximate surface area is 186 Å². The number of hydrogen-bond acceptors (Lipinski definition) is 6. The zero-order valence-corrected chi connectivity index (χ0v) is 18.7. The topological polar surface area (TPSA) is 123 Å². The number of ether oxygens (including phenoxy) is 2. The van der Waals surface area contributed by atoms with Crippen LogP contribution in [0.5, 0.6) is 11.5 Å². The van der Waals surface area contributed by atoms with Crippen LogP contribution >= 0.6 is 0 Å². The van der Waals surface area contributed by atoms with E-state index in [9.17, 15) is 14.4 Å². The van der Waals surface area contributed by atoms with Crippen LogP contribution in [0.25, 0.3) is 0 Å². The molecule has 0 fully saturated rings. The van der Waals surface area contributed by atoms with Crippen molar-refractivity contribution < 1.29 is 23.9 Å². The standard InChI is InChI=1S/C23H28N4O5/c1-23(2,12-24)13-25-21(29)14-5-7-17-16(9-14)26-20(28)11-27(17)22(30)15-6-8-18(31-3)19(10-15)32-4/h5-10H,11-13,24H2,1-4H3,(H,25,29)(H,26,28). The molecular formula is C23H28N4O5. The van der Waals surface area contributed by atoms with Crippen molar-refractivity contribution in [3.8, 4) is 11.5 Å². The predicted octanol–water partition coefficient (Wildman–Crippen LogP) is 2.02. The van der Waals surface area contributed by atoms with Crippen LogP contribution in [0.1, 0.15) is 34.6 Å². The van der Waals surface area contributed by atoms with Gasteiger partial charge in [-0.1, -0.05) is 13.8 Å². The second kappa shape index (κ2) is 9.27. The molecule has 170 valence electrons. The third-order valence-electron chi connectivity index (χ3n) is 5.28. The highest BCUT2D eigenvalue weighted by atomic mass is 16.5. The van der Waals surface area contributed by atoms with Crippen LogP contribution in [0.15, 0.2) is 36.4 Å². The van der Waals surface area contributed by atoms with Gasteiger partial charge in [-0.15, -0.1) is 0 Å². The molecule has 0 bridgehead atoms. The Kier molecular flexibility index (Phi) is 6.69. The van der Waals surface area contributed by atoms with Crippen LogP contribution in [0.4, 0.5) is 11.4 Å². The Balaban J connectivity index is 1.87. The maximum absolute atomic E-state index is 13.2. The first kappa shape index (κ1) is 23.1. The fourth-order valence-electron chi connectivity index (χ4n) is 3.23. The van der Waals surface area contributed by atoms with Crippen molar-refractivity contribution in [3.05, 3.63) is 47.5 Å². The normalized spacial score (nSPS) is 13.2. The highest BCUT2D eigenvalue weighted by molar-refractivity contribution is 6.16. The Bertz CT molecular complexity index is 1050. The van der Waals surface area contributed by atoms with Gasteiger partial charge in [-0.25, -0.2) is 0 Å². The first-order valence-corrected chi connectivity index (χ1v) is 10.1. The highest BCUT2D eigenvalue weighted by Gasteiger charge is 2.29. The number of rotatable bonds is 7. The minimum Gasteiger partial charge on any atom is -0.493 e. The number of amides is 3. The Morgan fingerprint density at radius 1 is 1.09 bits per heavy atom. The second-order valence-corrected chi connectivity index (χ2v) is 8.29. The maximum Gasteiger partial charge on any atom is 0.258 e. The number of nitrogens with one attached hydrogen (secondary N) is 2. The molecule has 1 aliphatic rings. The minimum atomic E-state index is -0.371. The van der Waals surface area contributed by atoms with E-state index in [-0.39, 0.29) is 29.7 Å². The van der Waals surface area contributed by atoms with Gasteiger partial charge in [0, 0.05) is 17.7 Å². The van der Waals surface area contributed by atoms with Crippen LogP contribution in [0.2, 0.25) is 0 Å². The van der Waals surface area contributed by atoms with Gasteiger partial charge in [0.1, 0.15) is 6.54 Å². The molecule has 1 aliphatic heterocycles. The van der Waals surface area contributed by atoms with E-state index in [1.54, 1.807) is 36.4 Å². The van der Waals surface area contributed by atoms with Crippen molar-refractivity contribution in [1.82, 2.24) is 5.32 Å². The number of fused-ring (bicyclic) bond motifs is 1. The molecule has 9 heteroatoms. The highest BCUT2D eigenvalue weighted by Crippen LogP contribution is 2.33. The summed E-state index contributed by atoms with van der Waals surface area (Å²) in [6, 6.07) is 9.64. The molecular weight excluding hydrogens is 412 g/mol. The quantitative estimate of drug-likeness (QED) is 0.605. The van der Waals surface area contributed by atoms with Crippen molar-refractivity contribution >= 4 is 29.1 Å². The summed E-state index contributed by atoms with van der Waals surface area (Å²) in [5.41, 5.74) is 7.08. The molecule has 0 atom stereocenters. The molecule has 32 heavy (non-hydrogen) atoms. The molecule has 0 saturated heterocycles. The summed E-state index contributed by atoms with van der Waals surface area (Å²) < 4.78 is 10.5. The summed E-state index contributed by atoms with van der Waals surface area (Å²) in [7, 11) is 2.99. The van der Waals surface area contributed by atoms with Crippen molar-refractivity contribution in [2.75, 3.05) is 44.1 Å². The fourth-order valence-corrected chi connectivity index (χ4v) is 3.23. The van der Waals surface area contributed by atoms with E-state index in [0.29, 0.717) is 47.1 Å². The summed E-state index contributed by atoms with van der Waals surface area (Å²) in [6.07, 6.45) is 0. The molecule has 3 rings (SSSR count). The molecule has 0 aliphatic carbocycles. The average Bonchev–Trinajstić information content (AvgIpc) is 2.80.